The molecule has 0 amide bonds. The van der Waals surface area contributed by atoms with Gasteiger partial charge in [-0.15, -0.1) is 0 Å². The summed E-state index contributed by atoms with van der Waals surface area (Å²) in [7, 11) is -3.83. The van der Waals surface area contributed by atoms with Crippen LogP contribution in [-0.4, -0.2) is 18.4 Å². The Hall–Kier alpha value is -2.97. The van der Waals surface area contributed by atoms with Crippen molar-refractivity contribution in [3.05, 3.63) is 88.9 Å². The standard InChI is InChI=1S/C22H19BrN4O2S/c1-15(16-7-3-2-4-8-16)24-21-22(26-20-10-6-5-9-19(20)25-21)27-30(28,29)18-13-11-17(23)12-14-18/h2-15H,1H3,(H,24,25)(H,26,27)/t15-/m1/s1. The van der Waals surface area contributed by atoms with Crippen molar-refractivity contribution in [3.8, 4) is 0 Å². The lowest BCUT2D eigenvalue weighted by atomic mass is 10.1. The maximum absolute atomic E-state index is 12.9. The van der Waals surface area contributed by atoms with Crippen molar-refractivity contribution in [3.63, 3.8) is 0 Å². The van der Waals surface area contributed by atoms with Crippen molar-refractivity contribution in [2.24, 2.45) is 0 Å². The van der Waals surface area contributed by atoms with Crippen LogP contribution in [0, 0.1) is 0 Å². The summed E-state index contributed by atoms with van der Waals surface area (Å²) in [5, 5.41) is 3.29. The van der Waals surface area contributed by atoms with Gasteiger partial charge >= 0.3 is 0 Å². The minimum Gasteiger partial charge on any atom is -0.360 e. The molecule has 0 unspecified atom stereocenters. The topological polar surface area (TPSA) is 84.0 Å². The zero-order chi connectivity index (χ0) is 21.1. The van der Waals surface area contributed by atoms with Crippen LogP contribution in [0.4, 0.5) is 11.6 Å². The van der Waals surface area contributed by atoms with Gasteiger partial charge in [0.1, 0.15) is 0 Å². The van der Waals surface area contributed by atoms with Crippen LogP contribution >= 0.6 is 15.9 Å². The molecule has 152 valence electrons. The molecule has 1 heterocycles. The fourth-order valence-electron chi connectivity index (χ4n) is 3.00. The van der Waals surface area contributed by atoms with Crippen molar-refractivity contribution in [2.45, 2.75) is 17.9 Å². The molecule has 0 fully saturated rings. The fraction of sp³-hybridized carbons (Fsp3) is 0.0909. The van der Waals surface area contributed by atoms with E-state index in [1.165, 1.54) is 12.1 Å². The summed E-state index contributed by atoms with van der Waals surface area (Å²) in [5.41, 5.74) is 2.32. The molecule has 6 nitrogen and oxygen atoms in total. The van der Waals surface area contributed by atoms with E-state index in [-0.39, 0.29) is 16.8 Å². The summed E-state index contributed by atoms with van der Waals surface area (Å²) in [6.45, 7) is 1.99. The predicted octanol–water partition coefficient (Wildman–Crippen LogP) is 5.37. The minimum absolute atomic E-state index is 0.0994. The normalized spacial score (nSPS) is 12.5. The lowest BCUT2D eigenvalue weighted by Crippen LogP contribution is -2.17. The second-order valence-corrected chi connectivity index (χ2v) is 9.34. The molecule has 0 saturated carbocycles. The van der Waals surface area contributed by atoms with Crippen molar-refractivity contribution in [1.29, 1.82) is 0 Å². The summed E-state index contributed by atoms with van der Waals surface area (Å²) < 4.78 is 29.3. The Balaban J connectivity index is 1.73. The van der Waals surface area contributed by atoms with Gasteiger partial charge in [-0.1, -0.05) is 58.4 Å². The third kappa shape index (κ3) is 4.44. The van der Waals surface area contributed by atoms with Gasteiger partial charge in [0.05, 0.1) is 22.0 Å². The number of nitrogens with one attached hydrogen (secondary N) is 2. The summed E-state index contributed by atoms with van der Waals surface area (Å²) in [6.07, 6.45) is 0. The predicted molar refractivity (Wildman–Crippen MR) is 123 cm³/mol. The first-order chi connectivity index (χ1) is 14.4. The van der Waals surface area contributed by atoms with E-state index in [4.69, 9.17) is 0 Å². The number of rotatable bonds is 6. The molecule has 0 bridgehead atoms. The van der Waals surface area contributed by atoms with Gasteiger partial charge in [-0.2, -0.15) is 0 Å². The average molecular weight is 483 g/mol. The lowest BCUT2D eigenvalue weighted by molar-refractivity contribution is 0.601. The molecule has 0 aliphatic rings. The Morgan fingerprint density at radius 3 is 2.00 bits per heavy atom. The molecule has 0 spiro atoms. The first-order valence-electron chi connectivity index (χ1n) is 9.29. The van der Waals surface area contributed by atoms with Gasteiger partial charge in [0.2, 0.25) is 0 Å². The molecule has 3 aromatic carbocycles. The highest BCUT2D eigenvalue weighted by atomic mass is 79.9. The second kappa shape index (κ2) is 8.41. The Kier molecular flexibility index (Phi) is 5.69. The molecular weight excluding hydrogens is 464 g/mol. The maximum Gasteiger partial charge on any atom is 0.263 e. The van der Waals surface area contributed by atoms with Crippen molar-refractivity contribution in [1.82, 2.24) is 9.97 Å². The zero-order valence-electron chi connectivity index (χ0n) is 16.1. The molecule has 1 aromatic heterocycles. The van der Waals surface area contributed by atoms with Crippen LogP contribution < -0.4 is 10.0 Å². The summed E-state index contributed by atoms with van der Waals surface area (Å²) in [5.74, 6) is 0.519. The number of anilines is 2. The van der Waals surface area contributed by atoms with Crippen molar-refractivity contribution in [2.75, 3.05) is 10.0 Å². The van der Waals surface area contributed by atoms with Crippen LogP contribution in [0.25, 0.3) is 11.0 Å². The smallest absolute Gasteiger partial charge is 0.263 e. The van der Waals surface area contributed by atoms with E-state index < -0.39 is 10.0 Å². The Bertz CT molecular complexity index is 1280. The van der Waals surface area contributed by atoms with E-state index in [1.807, 2.05) is 55.5 Å². The van der Waals surface area contributed by atoms with Gasteiger partial charge in [-0.25, -0.2) is 18.4 Å². The van der Waals surface area contributed by atoms with Gasteiger partial charge in [0.25, 0.3) is 10.0 Å². The first-order valence-corrected chi connectivity index (χ1v) is 11.6. The van der Waals surface area contributed by atoms with Crippen LogP contribution in [0.2, 0.25) is 0 Å². The van der Waals surface area contributed by atoms with E-state index in [0.717, 1.165) is 10.0 Å². The van der Waals surface area contributed by atoms with E-state index in [2.05, 4.69) is 35.9 Å². The molecule has 8 heteroatoms. The molecular formula is C22H19BrN4O2S. The van der Waals surface area contributed by atoms with E-state index >= 15 is 0 Å². The molecule has 0 aliphatic heterocycles. The second-order valence-electron chi connectivity index (χ2n) is 6.75. The third-order valence-corrected chi connectivity index (χ3v) is 6.46. The summed E-state index contributed by atoms with van der Waals surface area (Å²) in [4.78, 5) is 9.29. The van der Waals surface area contributed by atoms with Crippen LogP contribution in [0.1, 0.15) is 18.5 Å². The van der Waals surface area contributed by atoms with Gasteiger partial charge in [-0.05, 0) is 48.9 Å². The number of fused-ring (bicyclic) bond motifs is 1. The van der Waals surface area contributed by atoms with Gasteiger partial charge in [0.15, 0.2) is 11.6 Å². The SMILES string of the molecule is C[C@@H](Nc1nc2ccccc2nc1NS(=O)(=O)c1ccc(Br)cc1)c1ccccc1. The van der Waals surface area contributed by atoms with Crippen LogP contribution in [0.15, 0.2) is 88.2 Å². The maximum atomic E-state index is 12.9. The molecule has 4 rings (SSSR count). The van der Waals surface area contributed by atoms with Crippen molar-refractivity contribution < 1.29 is 8.42 Å². The number of hydrogen-bond donors (Lipinski definition) is 2. The quantitative estimate of drug-likeness (QED) is 0.386. The average Bonchev–Trinajstić information content (AvgIpc) is 2.75. The van der Waals surface area contributed by atoms with Crippen LogP contribution in [0.3, 0.4) is 0 Å². The highest BCUT2D eigenvalue weighted by Gasteiger charge is 2.20. The molecule has 1 atom stereocenters. The van der Waals surface area contributed by atoms with E-state index in [1.54, 1.807) is 18.2 Å². The molecule has 4 aromatic rings. The summed E-state index contributed by atoms with van der Waals surface area (Å²) >= 11 is 3.32. The van der Waals surface area contributed by atoms with Gasteiger partial charge < -0.3 is 5.32 Å². The monoisotopic (exact) mass is 482 g/mol. The largest absolute Gasteiger partial charge is 0.360 e. The number of halogens is 1. The third-order valence-electron chi connectivity index (χ3n) is 4.58. The van der Waals surface area contributed by atoms with Crippen LogP contribution in [0.5, 0.6) is 0 Å². The number of sulfonamides is 1. The number of hydrogen-bond acceptors (Lipinski definition) is 5. The number of benzene rings is 3. The molecule has 30 heavy (non-hydrogen) atoms. The zero-order valence-corrected chi connectivity index (χ0v) is 18.5. The van der Waals surface area contributed by atoms with Gasteiger partial charge in [-0.3, -0.25) is 4.72 Å². The van der Waals surface area contributed by atoms with Crippen LogP contribution in [-0.2, 0) is 10.0 Å². The Morgan fingerprint density at radius 2 is 1.37 bits per heavy atom. The van der Waals surface area contributed by atoms with E-state index in [9.17, 15) is 8.42 Å². The van der Waals surface area contributed by atoms with E-state index in [0.29, 0.717) is 16.9 Å². The highest BCUT2D eigenvalue weighted by molar-refractivity contribution is 9.10. The molecule has 0 aliphatic carbocycles. The Morgan fingerprint density at radius 1 is 0.800 bits per heavy atom. The molecule has 0 radical (unpaired) electrons. The number of nitrogens with zero attached hydrogens (tertiary/aromatic N) is 2. The first kappa shape index (κ1) is 20.3. The highest BCUT2D eigenvalue weighted by Crippen LogP contribution is 2.28. The molecule has 0 saturated heterocycles. The number of para-hydroxylation sites is 2. The number of aromatic nitrogens is 2. The minimum atomic E-state index is -3.83. The van der Waals surface area contributed by atoms with Gasteiger partial charge in [0, 0.05) is 4.47 Å². The van der Waals surface area contributed by atoms with Crippen molar-refractivity contribution >= 4 is 48.6 Å². The lowest BCUT2D eigenvalue weighted by Gasteiger charge is -2.18. The summed E-state index contributed by atoms with van der Waals surface area (Å²) in [6, 6.07) is 23.5. The fourth-order valence-corrected chi connectivity index (χ4v) is 4.28. The molecule has 2 N–H and O–H groups in total. The Labute approximate surface area is 183 Å².